The van der Waals surface area contributed by atoms with Crippen LogP contribution in [0.1, 0.15) is 58.6 Å². The van der Waals surface area contributed by atoms with Crippen molar-refractivity contribution in [3.63, 3.8) is 0 Å². The van der Waals surface area contributed by atoms with Crippen molar-refractivity contribution < 1.29 is 34.0 Å². The summed E-state index contributed by atoms with van der Waals surface area (Å²) in [7, 11) is -1.73. The number of nitrogens with zero attached hydrogens (tertiary/aromatic N) is 2. The highest BCUT2D eigenvalue weighted by atomic mass is 31.2. The van der Waals surface area contributed by atoms with Crippen LogP contribution < -0.4 is 11.2 Å². The molecule has 1 fully saturated rings. The molecular weight excluding hydrogens is 431 g/mol. The highest BCUT2D eigenvalue weighted by molar-refractivity contribution is 7.54. The summed E-state index contributed by atoms with van der Waals surface area (Å²) in [5.41, 5.74) is -2.54. The number of hydrogen-bond acceptors (Lipinski definition) is 8. The minimum Gasteiger partial charge on any atom is -0.388 e. The Morgan fingerprint density at radius 3 is 2.23 bits per heavy atom. The molecule has 5 atom stereocenters. The van der Waals surface area contributed by atoms with Crippen molar-refractivity contribution in [1.29, 1.82) is 0 Å². The zero-order valence-corrected chi connectivity index (χ0v) is 19.6. The van der Waals surface area contributed by atoms with Gasteiger partial charge in [-0.1, -0.05) is 13.8 Å². The molecule has 4 N–H and O–H groups in total. The van der Waals surface area contributed by atoms with Crippen LogP contribution in [0.4, 0.5) is 0 Å². The van der Waals surface area contributed by atoms with E-state index in [1.807, 2.05) is 0 Å². The molecule has 0 amide bonds. The smallest absolute Gasteiger partial charge is 0.359 e. The lowest BCUT2D eigenvalue weighted by Crippen LogP contribution is -2.40. The zero-order chi connectivity index (χ0) is 23.9. The zero-order valence-electron chi connectivity index (χ0n) is 18.7. The summed E-state index contributed by atoms with van der Waals surface area (Å²) in [4.78, 5) is 34.8. The lowest BCUT2D eigenvalue weighted by Gasteiger charge is -2.37. The Hall–Kier alpha value is -1.33. The first-order valence-electron chi connectivity index (χ1n) is 10.1. The monoisotopic (exact) mass is 464 g/mol. The molecule has 178 valence electrons. The van der Waals surface area contributed by atoms with E-state index in [2.05, 4.69) is 0 Å². The molecule has 0 radical (unpaired) electrons. The third-order valence-electron chi connectivity index (χ3n) is 5.86. The topological polar surface area (TPSA) is 160 Å². The van der Waals surface area contributed by atoms with Crippen molar-refractivity contribution >= 4 is 7.60 Å². The van der Waals surface area contributed by atoms with E-state index in [1.165, 1.54) is 34.1 Å². The second kappa shape index (κ2) is 8.90. The Balaban J connectivity index is 2.27. The SMILES string of the molecule is CCC(O)(CC)P(=O)(O)OC(C)(C)C[C@H]1O[C@@H](c2cn(C)c(=O)n(C)c2=O)[C@H](O)[C@@H]1O. The number of aromatic nitrogens is 2. The molecule has 0 bridgehead atoms. The van der Waals surface area contributed by atoms with Crippen LogP contribution in [-0.4, -0.2) is 58.6 Å². The van der Waals surface area contributed by atoms with Gasteiger partial charge in [0.1, 0.15) is 18.3 Å². The highest BCUT2D eigenvalue weighted by Crippen LogP contribution is 2.60. The molecule has 0 aliphatic carbocycles. The van der Waals surface area contributed by atoms with Crippen LogP contribution in [0.25, 0.3) is 0 Å². The van der Waals surface area contributed by atoms with E-state index in [4.69, 9.17) is 9.26 Å². The maximum atomic E-state index is 12.7. The number of aliphatic hydroxyl groups is 3. The molecule has 1 aromatic rings. The summed E-state index contributed by atoms with van der Waals surface area (Å²) in [5.74, 6) is 0. The second-order valence-corrected chi connectivity index (χ2v) is 10.7. The van der Waals surface area contributed by atoms with Crippen molar-refractivity contribution in [2.45, 2.75) is 82.3 Å². The molecule has 0 saturated carbocycles. The Bertz CT molecular complexity index is 966. The second-order valence-electron chi connectivity index (χ2n) is 8.68. The predicted molar refractivity (Wildman–Crippen MR) is 112 cm³/mol. The van der Waals surface area contributed by atoms with E-state index in [0.717, 1.165) is 9.13 Å². The molecule has 1 saturated heterocycles. The average Bonchev–Trinajstić information content (AvgIpc) is 2.95. The van der Waals surface area contributed by atoms with Gasteiger partial charge in [0.25, 0.3) is 5.56 Å². The first-order chi connectivity index (χ1) is 14.1. The maximum Gasteiger partial charge on any atom is 0.359 e. The van der Waals surface area contributed by atoms with E-state index in [0.29, 0.717) is 0 Å². The molecule has 1 aliphatic heterocycles. The molecule has 12 heteroatoms. The average molecular weight is 464 g/mol. The molecule has 11 nitrogen and oxygen atoms in total. The first kappa shape index (κ1) is 25.9. The van der Waals surface area contributed by atoms with Gasteiger partial charge >= 0.3 is 13.3 Å². The fraction of sp³-hybridized carbons (Fsp3) is 0.789. The Morgan fingerprint density at radius 1 is 1.16 bits per heavy atom. The summed E-state index contributed by atoms with van der Waals surface area (Å²) < 4.78 is 25.9. The molecule has 2 heterocycles. The largest absolute Gasteiger partial charge is 0.388 e. The third-order valence-corrected chi connectivity index (χ3v) is 8.29. The van der Waals surface area contributed by atoms with Crippen LogP contribution in [0.15, 0.2) is 15.8 Å². The summed E-state index contributed by atoms with van der Waals surface area (Å²) in [6.07, 6.45) is -3.96. The lowest BCUT2D eigenvalue weighted by molar-refractivity contribution is -0.0470. The molecule has 31 heavy (non-hydrogen) atoms. The van der Waals surface area contributed by atoms with Crippen molar-refractivity contribution in [2.75, 3.05) is 0 Å². The molecule has 0 aromatic carbocycles. The molecule has 2 rings (SSSR count). The van der Waals surface area contributed by atoms with Gasteiger partial charge in [0.15, 0.2) is 5.34 Å². The van der Waals surface area contributed by atoms with Gasteiger partial charge in [0.05, 0.1) is 17.3 Å². The Labute approximate surface area is 180 Å². The van der Waals surface area contributed by atoms with Crippen LogP contribution >= 0.6 is 7.60 Å². The number of aliphatic hydroxyl groups excluding tert-OH is 2. The van der Waals surface area contributed by atoms with Crippen molar-refractivity contribution in [3.05, 3.63) is 32.6 Å². The van der Waals surface area contributed by atoms with E-state index < -0.39 is 54.2 Å². The van der Waals surface area contributed by atoms with Crippen LogP contribution in [0, 0.1) is 0 Å². The summed E-state index contributed by atoms with van der Waals surface area (Å²) in [5, 5.41) is 29.5. The minimum atomic E-state index is -4.46. The maximum absolute atomic E-state index is 12.7. The standard InChI is InChI=1S/C19H33N2O9P/c1-7-19(26,8-2)31(27,28)30-18(3,4)9-12-13(22)14(23)15(29-12)11-10-20(5)17(25)21(6)16(11)24/h10,12-15,22-23,26H,7-9H2,1-6H3,(H,27,28)/t12-,13-,14-,15+/m1/s1. The van der Waals surface area contributed by atoms with Gasteiger partial charge in [-0.15, -0.1) is 0 Å². The van der Waals surface area contributed by atoms with Crippen molar-refractivity contribution in [1.82, 2.24) is 9.13 Å². The molecule has 0 spiro atoms. The molecule has 1 aliphatic rings. The molecule has 1 aromatic heterocycles. The lowest BCUT2D eigenvalue weighted by atomic mass is 9.96. The fourth-order valence-corrected chi connectivity index (χ4v) is 5.51. The number of aryl methyl sites for hydroxylation is 1. The van der Waals surface area contributed by atoms with Crippen LogP contribution in [-0.2, 0) is 27.9 Å². The Kier molecular flexibility index (Phi) is 7.44. The van der Waals surface area contributed by atoms with Crippen LogP contribution in [0.2, 0.25) is 0 Å². The molecule has 1 unspecified atom stereocenters. The van der Waals surface area contributed by atoms with Crippen molar-refractivity contribution in [3.8, 4) is 0 Å². The number of ether oxygens (including phenoxy) is 1. The van der Waals surface area contributed by atoms with Gasteiger partial charge in [-0.3, -0.25) is 13.9 Å². The summed E-state index contributed by atoms with van der Waals surface area (Å²) in [6, 6.07) is 0. The first-order valence-corrected chi connectivity index (χ1v) is 11.7. The normalized spacial score (nSPS) is 26.8. The fourth-order valence-electron chi connectivity index (χ4n) is 3.80. The number of hydrogen-bond donors (Lipinski definition) is 4. The van der Waals surface area contributed by atoms with E-state index in [9.17, 15) is 34.4 Å². The van der Waals surface area contributed by atoms with E-state index in [-0.39, 0.29) is 24.8 Å². The van der Waals surface area contributed by atoms with Gasteiger partial charge in [-0.25, -0.2) is 4.79 Å². The van der Waals surface area contributed by atoms with Gasteiger partial charge in [0.2, 0.25) is 0 Å². The quantitative estimate of drug-likeness (QED) is 0.392. The minimum absolute atomic E-state index is 0.00320. The van der Waals surface area contributed by atoms with Crippen LogP contribution in [0.3, 0.4) is 0 Å². The van der Waals surface area contributed by atoms with Gasteiger partial charge < -0.3 is 34.0 Å². The van der Waals surface area contributed by atoms with Gasteiger partial charge in [0, 0.05) is 26.7 Å². The summed E-state index contributed by atoms with van der Waals surface area (Å²) in [6.45, 7) is 6.15. The van der Waals surface area contributed by atoms with Crippen LogP contribution in [0.5, 0.6) is 0 Å². The Morgan fingerprint density at radius 2 is 1.71 bits per heavy atom. The van der Waals surface area contributed by atoms with E-state index in [1.54, 1.807) is 13.8 Å². The van der Waals surface area contributed by atoms with Crippen molar-refractivity contribution in [2.24, 2.45) is 14.1 Å². The van der Waals surface area contributed by atoms with E-state index >= 15 is 0 Å². The highest BCUT2D eigenvalue weighted by Gasteiger charge is 2.51. The molecular formula is C19H33N2O9P. The number of rotatable bonds is 8. The van der Waals surface area contributed by atoms with Gasteiger partial charge in [-0.2, -0.15) is 0 Å². The summed E-state index contributed by atoms with van der Waals surface area (Å²) >= 11 is 0. The third kappa shape index (κ3) is 4.88. The van der Waals surface area contributed by atoms with Gasteiger partial charge in [-0.05, 0) is 26.7 Å². The predicted octanol–water partition coefficient (Wildman–Crippen LogP) is 0.125.